The quantitative estimate of drug-likeness (QED) is 0.218. The van der Waals surface area contributed by atoms with Gasteiger partial charge in [0.1, 0.15) is 11.8 Å². The molecule has 0 bridgehead atoms. The molecule has 0 aliphatic heterocycles. The van der Waals surface area contributed by atoms with Gasteiger partial charge in [-0.05, 0) is 133 Å². The second-order valence-corrected chi connectivity index (χ2v) is 17.5. The van der Waals surface area contributed by atoms with Gasteiger partial charge in [0.25, 0.3) is 0 Å². The van der Waals surface area contributed by atoms with E-state index >= 15 is 0 Å². The highest BCUT2D eigenvalue weighted by Crippen LogP contribution is 2.59. The van der Waals surface area contributed by atoms with Crippen molar-refractivity contribution < 1.29 is 24.3 Å². The lowest BCUT2D eigenvalue weighted by atomic mass is 9.49. The molecule has 276 valence electrons. The van der Waals surface area contributed by atoms with Crippen LogP contribution in [0, 0.1) is 28.6 Å². The Morgan fingerprint density at radius 1 is 0.745 bits per heavy atom. The van der Waals surface area contributed by atoms with E-state index in [0.29, 0.717) is 12.1 Å². The van der Waals surface area contributed by atoms with Gasteiger partial charge in [0, 0.05) is 5.69 Å². The Kier molecular flexibility index (Phi) is 9.70. The first-order valence-electron chi connectivity index (χ1n) is 19.1. The van der Waals surface area contributed by atoms with Gasteiger partial charge in [-0.25, -0.2) is 0 Å². The zero-order valence-electron chi connectivity index (χ0n) is 31.6. The molecule has 9 heteroatoms. The van der Waals surface area contributed by atoms with Gasteiger partial charge in [-0.15, -0.1) is 0 Å². The topological polar surface area (TPSA) is 151 Å². The van der Waals surface area contributed by atoms with Gasteiger partial charge in [0.15, 0.2) is 0 Å². The predicted octanol–water partition coefficient (Wildman–Crippen LogP) is 6.18. The van der Waals surface area contributed by atoms with Crippen molar-refractivity contribution in [2.75, 3.05) is 5.32 Å². The van der Waals surface area contributed by atoms with Crippen LogP contribution in [0.15, 0.2) is 36.4 Å². The summed E-state index contributed by atoms with van der Waals surface area (Å²) in [6, 6.07) is 10.2. The normalized spacial score (nSPS) is 32.3. The largest absolute Gasteiger partial charge is 0.508 e. The number of hydrogen-bond donors (Lipinski definition) is 5. The molecule has 4 aliphatic carbocycles. The van der Waals surface area contributed by atoms with E-state index in [0.717, 1.165) is 68.9 Å². The first kappa shape index (κ1) is 37.1. The van der Waals surface area contributed by atoms with Crippen LogP contribution in [-0.4, -0.2) is 40.8 Å². The van der Waals surface area contributed by atoms with Crippen molar-refractivity contribution in [3.05, 3.63) is 58.7 Å². The SMILES string of the molecule is CC(C)C(N)C(=O)N[C@@H](C)C(=O)Nc1ccc2c(c1)[C@@]1(C)CCC[C@](C)(C(=O)NC(=O)[C@@]3(C)CCC[C@]4(C)c5cc(O)ccc5CCC34)[C@@H]1CC2. The van der Waals surface area contributed by atoms with Gasteiger partial charge in [0.2, 0.25) is 23.6 Å². The standard InChI is InChI=1S/C42H58N4O5/c1-24(2)34(43)36(49)44-25(3)35(48)45-28-14-10-26-12-16-32-39(4,30(26)22-28)18-8-20-41(32,6)37(50)46-38(51)42(7)21-9-19-40(5)31-23-29(47)15-11-27(31)13-17-33(40)42/h10-11,14-15,22-25,32-34,47H,8-9,12-13,16-21,43H2,1-7H3,(H,44,49)(H,45,48)(H,46,50,51)/t25-,32+,33?,34?,39+,40+,41-,42-/m0/s1. The Morgan fingerprint density at radius 2 is 1.25 bits per heavy atom. The first-order valence-corrected chi connectivity index (χ1v) is 19.1. The van der Waals surface area contributed by atoms with Crippen molar-refractivity contribution in [1.82, 2.24) is 10.6 Å². The fraction of sp³-hybridized carbons (Fsp3) is 0.619. The molecule has 6 N–H and O–H groups in total. The van der Waals surface area contributed by atoms with Gasteiger partial charge in [-0.2, -0.15) is 0 Å². The van der Waals surface area contributed by atoms with Gasteiger partial charge in [-0.1, -0.05) is 66.5 Å². The van der Waals surface area contributed by atoms with Crippen molar-refractivity contribution in [3.8, 4) is 5.75 Å². The van der Waals surface area contributed by atoms with E-state index in [1.54, 1.807) is 13.0 Å². The fourth-order valence-corrected chi connectivity index (χ4v) is 10.8. The van der Waals surface area contributed by atoms with Crippen molar-refractivity contribution in [2.45, 2.75) is 136 Å². The number of fused-ring (bicyclic) bond motifs is 6. The van der Waals surface area contributed by atoms with Gasteiger partial charge < -0.3 is 21.5 Å². The molecule has 2 unspecified atom stereocenters. The molecule has 2 fully saturated rings. The average molecular weight is 699 g/mol. The van der Waals surface area contributed by atoms with Crippen molar-refractivity contribution in [2.24, 2.45) is 34.3 Å². The van der Waals surface area contributed by atoms with Crippen LogP contribution in [0.5, 0.6) is 5.75 Å². The summed E-state index contributed by atoms with van der Waals surface area (Å²) in [7, 11) is 0. The van der Waals surface area contributed by atoms with E-state index in [1.807, 2.05) is 45.0 Å². The highest BCUT2D eigenvalue weighted by Gasteiger charge is 2.58. The van der Waals surface area contributed by atoms with E-state index in [9.17, 15) is 24.3 Å². The molecule has 8 atom stereocenters. The number of carbonyl (C=O) groups excluding carboxylic acids is 4. The third-order valence-corrected chi connectivity index (χ3v) is 14.0. The summed E-state index contributed by atoms with van der Waals surface area (Å²) in [5.74, 6) is -0.757. The molecule has 0 aromatic heterocycles. The van der Waals surface area contributed by atoms with Crippen molar-refractivity contribution >= 4 is 29.3 Å². The maximum atomic E-state index is 14.5. The van der Waals surface area contributed by atoms with Gasteiger partial charge in [0.05, 0.1) is 16.9 Å². The minimum absolute atomic E-state index is 0.00898. The molecule has 2 aromatic carbocycles. The lowest BCUT2D eigenvalue weighted by molar-refractivity contribution is -0.150. The number of nitrogens with two attached hydrogens (primary N) is 1. The summed E-state index contributed by atoms with van der Waals surface area (Å²) >= 11 is 0. The summed E-state index contributed by atoms with van der Waals surface area (Å²) in [6.45, 7) is 14.0. The Bertz CT molecular complexity index is 1740. The number of rotatable bonds is 7. The predicted molar refractivity (Wildman–Crippen MR) is 199 cm³/mol. The summed E-state index contributed by atoms with van der Waals surface area (Å²) in [5.41, 5.74) is 9.35. The number of phenolic OH excluding ortho intramolecular Hbond substituents is 1. The molecule has 51 heavy (non-hydrogen) atoms. The zero-order valence-corrected chi connectivity index (χ0v) is 31.6. The number of anilines is 1. The molecule has 4 aliphatic rings. The van der Waals surface area contributed by atoms with Crippen LogP contribution in [0.4, 0.5) is 5.69 Å². The number of benzene rings is 2. The highest BCUT2D eigenvalue weighted by molar-refractivity contribution is 6.01. The van der Waals surface area contributed by atoms with Crippen LogP contribution in [-0.2, 0) is 42.8 Å². The number of phenols is 1. The van der Waals surface area contributed by atoms with E-state index in [4.69, 9.17) is 5.73 Å². The zero-order chi connectivity index (χ0) is 37.1. The number of amides is 4. The molecule has 0 radical (unpaired) electrons. The molecule has 0 heterocycles. The van der Waals surface area contributed by atoms with Crippen LogP contribution >= 0.6 is 0 Å². The maximum absolute atomic E-state index is 14.5. The third-order valence-electron chi connectivity index (χ3n) is 14.0. The van der Waals surface area contributed by atoms with E-state index in [-0.39, 0.29) is 58.0 Å². The number of hydrogen-bond acceptors (Lipinski definition) is 6. The highest BCUT2D eigenvalue weighted by atomic mass is 16.3. The number of nitrogens with one attached hydrogen (secondary N) is 3. The second kappa shape index (κ2) is 13.4. The van der Waals surface area contributed by atoms with Crippen molar-refractivity contribution in [3.63, 3.8) is 0 Å². The molecule has 4 amide bonds. The van der Waals surface area contributed by atoms with Gasteiger partial charge >= 0.3 is 0 Å². The summed E-state index contributed by atoms with van der Waals surface area (Å²) in [5, 5.41) is 19.1. The molecular formula is C42H58N4O5. The smallest absolute Gasteiger partial charge is 0.246 e. The number of aromatic hydroxyl groups is 1. The molecule has 0 spiro atoms. The molecule has 2 aromatic rings. The lowest BCUT2D eigenvalue weighted by Gasteiger charge is -2.56. The molecule has 0 saturated heterocycles. The van der Waals surface area contributed by atoms with Gasteiger partial charge in [-0.3, -0.25) is 24.5 Å². The minimum atomic E-state index is -0.764. The molecule has 2 saturated carbocycles. The Labute approximate surface area is 303 Å². The Hall–Kier alpha value is -3.72. The van der Waals surface area contributed by atoms with Crippen LogP contribution < -0.4 is 21.7 Å². The number of carbonyl (C=O) groups is 4. The van der Waals surface area contributed by atoms with Crippen molar-refractivity contribution in [1.29, 1.82) is 0 Å². The Balaban J connectivity index is 1.20. The molecule has 6 rings (SSSR count). The number of imide groups is 1. The molecule has 9 nitrogen and oxygen atoms in total. The van der Waals surface area contributed by atoms with Crippen LogP contribution in [0.2, 0.25) is 0 Å². The Morgan fingerprint density at radius 3 is 1.78 bits per heavy atom. The maximum Gasteiger partial charge on any atom is 0.246 e. The second-order valence-electron chi connectivity index (χ2n) is 17.5. The van der Waals surface area contributed by atoms with E-state index in [1.165, 1.54) is 11.1 Å². The lowest BCUT2D eigenvalue weighted by Crippen LogP contribution is -2.60. The molecular weight excluding hydrogens is 640 g/mol. The third kappa shape index (κ3) is 6.27. The monoisotopic (exact) mass is 698 g/mol. The average Bonchev–Trinajstić information content (AvgIpc) is 3.08. The van der Waals surface area contributed by atoms with Crippen LogP contribution in [0.25, 0.3) is 0 Å². The van der Waals surface area contributed by atoms with Crippen LogP contribution in [0.1, 0.15) is 122 Å². The summed E-state index contributed by atoms with van der Waals surface area (Å²) < 4.78 is 0. The fourth-order valence-electron chi connectivity index (χ4n) is 10.8. The minimum Gasteiger partial charge on any atom is -0.508 e. The summed E-state index contributed by atoms with van der Waals surface area (Å²) in [4.78, 5) is 54.6. The summed E-state index contributed by atoms with van der Waals surface area (Å²) in [6.07, 6.45) is 8.39. The van der Waals surface area contributed by atoms with E-state index in [2.05, 4.69) is 42.8 Å². The number of aryl methyl sites for hydroxylation is 2. The van der Waals surface area contributed by atoms with Crippen LogP contribution in [0.3, 0.4) is 0 Å². The first-order chi connectivity index (χ1) is 23.9. The van der Waals surface area contributed by atoms with E-state index < -0.39 is 22.9 Å².